The van der Waals surface area contributed by atoms with Crippen LogP contribution in [-0.4, -0.2) is 17.6 Å². The number of hydrogen-bond donors (Lipinski definition) is 2. The number of nitrogens with two attached hydrogens (primary N) is 1. The molecular weight excluding hydrogens is 118 g/mol. The van der Waals surface area contributed by atoms with Gasteiger partial charge in [-0.1, -0.05) is 6.92 Å². The van der Waals surface area contributed by atoms with E-state index in [1.165, 1.54) is 5.92 Å². The van der Waals surface area contributed by atoms with Crippen molar-refractivity contribution in [1.82, 2.24) is 0 Å². The molecule has 52 valence electrons. The van der Waals surface area contributed by atoms with E-state index in [1.807, 2.05) is 0 Å². The summed E-state index contributed by atoms with van der Waals surface area (Å²) in [7, 11) is 0. The van der Waals surface area contributed by atoms with E-state index in [4.69, 9.17) is 15.6 Å². The molecule has 0 saturated heterocycles. The van der Waals surface area contributed by atoms with Gasteiger partial charge in [0.25, 0.3) is 0 Å². The Hall–Kier alpha value is -1.01. The second-order valence-electron chi connectivity index (χ2n) is 1.24. The van der Waals surface area contributed by atoms with Crippen LogP contribution in [0.2, 0.25) is 0 Å². The summed E-state index contributed by atoms with van der Waals surface area (Å²) in [5, 5.41) is 7.49. The van der Waals surface area contributed by atoms with Gasteiger partial charge < -0.3 is 10.8 Å². The van der Waals surface area contributed by atoms with E-state index in [1.54, 1.807) is 0 Å². The fourth-order valence-corrected chi connectivity index (χ4v) is 0. The Balaban J connectivity index is 0. The molecule has 0 aliphatic carbocycles. The van der Waals surface area contributed by atoms with Crippen LogP contribution in [-0.2, 0) is 4.79 Å². The summed E-state index contributed by atoms with van der Waals surface area (Å²) in [6.45, 7) is 2.88. The zero-order valence-electron chi connectivity index (χ0n) is 5.42. The van der Waals surface area contributed by atoms with Crippen molar-refractivity contribution >= 4 is 5.97 Å². The van der Waals surface area contributed by atoms with Crippen LogP contribution in [0.1, 0.15) is 13.3 Å². The molecule has 0 aliphatic heterocycles. The topological polar surface area (TPSA) is 63.3 Å². The number of terminal acetylenes is 1. The molecule has 3 heteroatoms. The Morgan fingerprint density at radius 1 is 1.89 bits per heavy atom. The van der Waals surface area contributed by atoms with Gasteiger partial charge in [-0.3, -0.25) is 0 Å². The van der Waals surface area contributed by atoms with E-state index < -0.39 is 5.97 Å². The molecule has 0 bridgehead atoms. The molecule has 9 heavy (non-hydrogen) atoms. The molecule has 0 aromatic heterocycles. The van der Waals surface area contributed by atoms with Crippen molar-refractivity contribution in [2.24, 2.45) is 5.73 Å². The zero-order valence-corrected chi connectivity index (χ0v) is 5.42. The number of rotatable bonds is 1. The zero-order chi connectivity index (χ0) is 7.70. The highest BCUT2D eigenvalue weighted by atomic mass is 16.4. The summed E-state index contributed by atoms with van der Waals surface area (Å²) in [4.78, 5) is 9.13. The predicted octanol–water partition coefficient (Wildman–Crippen LogP) is 0.0593. The van der Waals surface area contributed by atoms with Gasteiger partial charge in [-0.15, -0.1) is 6.42 Å². The summed E-state index contributed by atoms with van der Waals surface area (Å²) in [6.07, 6.45) is 5.42. The molecule has 3 N–H and O–H groups in total. The SMILES string of the molecule is C#CC(=O)O.CCCN. The lowest BCUT2D eigenvalue weighted by molar-refractivity contribution is -0.130. The van der Waals surface area contributed by atoms with Crippen LogP contribution in [0.4, 0.5) is 0 Å². The molecule has 0 heterocycles. The van der Waals surface area contributed by atoms with Crippen LogP contribution in [0.25, 0.3) is 0 Å². The molecule has 0 rings (SSSR count). The van der Waals surface area contributed by atoms with Crippen molar-refractivity contribution in [3.05, 3.63) is 0 Å². The molecular formula is C6H11NO2. The molecule has 0 aromatic carbocycles. The standard InChI is InChI=1S/C3H9N.C3H2O2/c1-2-3-4;1-2-3(4)5/h2-4H2,1H3;1H,(H,4,5). The summed E-state index contributed by atoms with van der Waals surface area (Å²) in [5.74, 6) is 0.227. The first-order valence-corrected chi connectivity index (χ1v) is 2.58. The summed E-state index contributed by atoms with van der Waals surface area (Å²) in [6, 6.07) is 0. The highest BCUT2D eigenvalue weighted by Gasteiger charge is 1.74. The van der Waals surface area contributed by atoms with Crippen LogP contribution in [0.3, 0.4) is 0 Å². The van der Waals surface area contributed by atoms with Crippen LogP contribution >= 0.6 is 0 Å². The van der Waals surface area contributed by atoms with Gasteiger partial charge in [0.05, 0.1) is 0 Å². The summed E-state index contributed by atoms with van der Waals surface area (Å²) in [5.41, 5.74) is 5.03. The maximum Gasteiger partial charge on any atom is 0.381 e. The average Bonchev–Trinajstić information content (AvgIpc) is 1.89. The molecule has 0 radical (unpaired) electrons. The normalized spacial score (nSPS) is 6.33. The summed E-state index contributed by atoms with van der Waals surface area (Å²) < 4.78 is 0. The van der Waals surface area contributed by atoms with E-state index in [2.05, 4.69) is 13.3 Å². The van der Waals surface area contributed by atoms with Gasteiger partial charge in [-0.2, -0.15) is 0 Å². The third kappa shape index (κ3) is 44.0. The van der Waals surface area contributed by atoms with Gasteiger partial charge in [-0.05, 0) is 13.0 Å². The number of aliphatic carboxylic acids is 1. The number of carbonyl (C=O) groups is 1. The van der Waals surface area contributed by atoms with Crippen molar-refractivity contribution in [3.8, 4) is 12.3 Å². The Labute approximate surface area is 54.9 Å². The monoisotopic (exact) mass is 129 g/mol. The van der Waals surface area contributed by atoms with Crippen molar-refractivity contribution in [2.45, 2.75) is 13.3 Å². The second kappa shape index (κ2) is 10.1. The Morgan fingerprint density at radius 3 is 2.11 bits per heavy atom. The molecule has 0 aromatic rings. The van der Waals surface area contributed by atoms with Crippen LogP contribution < -0.4 is 5.73 Å². The van der Waals surface area contributed by atoms with E-state index in [-0.39, 0.29) is 0 Å². The van der Waals surface area contributed by atoms with Gasteiger partial charge in [0.1, 0.15) is 0 Å². The minimum absolute atomic E-state index is 0.819. The van der Waals surface area contributed by atoms with E-state index >= 15 is 0 Å². The van der Waals surface area contributed by atoms with E-state index in [9.17, 15) is 0 Å². The highest BCUT2D eigenvalue weighted by molar-refractivity contribution is 5.85. The summed E-state index contributed by atoms with van der Waals surface area (Å²) >= 11 is 0. The van der Waals surface area contributed by atoms with Gasteiger partial charge in [0, 0.05) is 5.92 Å². The van der Waals surface area contributed by atoms with E-state index in [0.29, 0.717) is 0 Å². The molecule has 0 saturated carbocycles. The van der Waals surface area contributed by atoms with Gasteiger partial charge in [0.15, 0.2) is 0 Å². The van der Waals surface area contributed by atoms with Crippen LogP contribution in [0, 0.1) is 12.3 Å². The minimum Gasteiger partial charge on any atom is -0.472 e. The Morgan fingerprint density at radius 2 is 2.11 bits per heavy atom. The minimum atomic E-state index is -1.22. The number of carboxylic acids is 1. The fraction of sp³-hybridized carbons (Fsp3) is 0.500. The first kappa shape index (κ1) is 10.9. The van der Waals surface area contributed by atoms with Crippen molar-refractivity contribution in [2.75, 3.05) is 6.54 Å². The first-order chi connectivity index (χ1) is 4.18. The quantitative estimate of drug-likeness (QED) is 0.492. The Kier molecular flexibility index (Phi) is 12.2. The smallest absolute Gasteiger partial charge is 0.381 e. The fourth-order valence-electron chi connectivity index (χ4n) is 0. The molecule has 0 spiro atoms. The second-order valence-corrected chi connectivity index (χ2v) is 1.24. The molecule has 0 atom stereocenters. The third-order valence-electron chi connectivity index (χ3n) is 0.412. The average molecular weight is 129 g/mol. The molecule has 0 fully saturated rings. The molecule has 0 amide bonds. The van der Waals surface area contributed by atoms with Gasteiger partial charge >= 0.3 is 5.97 Å². The number of hydrogen-bond acceptors (Lipinski definition) is 2. The van der Waals surface area contributed by atoms with E-state index in [0.717, 1.165) is 13.0 Å². The van der Waals surface area contributed by atoms with Crippen molar-refractivity contribution in [1.29, 1.82) is 0 Å². The highest BCUT2D eigenvalue weighted by Crippen LogP contribution is 1.57. The molecule has 0 unspecified atom stereocenters. The Bertz CT molecular complexity index is 102. The molecule has 0 aliphatic rings. The third-order valence-corrected chi connectivity index (χ3v) is 0.412. The maximum absolute atomic E-state index is 9.13. The molecule has 3 nitrogen and oxygen atoms in total. The van der Waals surface area contributed by atoms with Crippen molar-refractivity contribution in [3.63, 3.8) is 0 Å². The van der Waals surface area contributed by atoms with Gasteiger partial charge in [0.2, 0.25) is 0 Å². The van der Waals surface area contributed by atoms with Crippen molar-refractivity contribution < 1.29 is 9.90 Å². The van der Waals surface area contributed by atoms with Crippen LogP contribution in [0.15, 0.2) is 0 Å². The lowest BCUT2D eigenvalue weighted by Crippen LogP contribution is -1.93. The van der Waals surface area contributed by atoms with Crippen LogP contribution in [0.5, 0.6) is 0 Å². The maximum atomic E-state index is 9.13. The first-order valence-electron chi connectivity index (χ1n) is 2.58. The largest absolute Gasteiger partial charge is 0.472 e. The predicted molar refractivity (Wildman–Crippen MR) is 35.8 cm³/mol. The number of carboxylic acid groups (broad SMARTS) is 1. The van der Waals surface area contributed by atoms with Gasteiger partial charge in [-0.25, -0.2) is 4.79 Å². The lowest BCUT2D eigenvalue weighted by Gasteiger charge is -1.70. The lowest BCUT2D eigenvalue weighted by atomic mass is 10.5.